The molecule has 0 spiro atoms. The van der Waals surface area contributed by atoms with Crippen molar-refractivity contribution in [3.63, 3.8) is 0 Å². The zero-order chi connectivity index (χ0) is 16.8. The summed E-state index contributed by atoms with van der Waals surface area (Å²) in [7, 11) is 0. The van der Waals surface area contributed by atoms with Crippen molar-refractivity contribution in [2.75, 3.05) is 5.75 Å². The molecule has 5 nitrogen and oxygen atoms in total. The predicted octanol–water partition coefficient (Wildman–Crippen LogP) is 4.07. The molecule has 0 saturated heterocycles. The number of aryl methyl sites for hydroxylation is 1. The lowest BCUT2D eigenvalue weighted by Crippen LogP contribution is -2.01. The summed E-state index contributed by atoms with van der Waals surface area (Å²) in [6.45, 7) is -2.85. The molecule has 3 rings (SSSR count). The van der Waals surface area contributed by atoms with Crippen molar-refractivity contribution in [1.29, 1.82) is 0 Å². The fraction of sp³-hybridized carbons (Fsp3) is 0.188. The van der Waals surface area contributed by atoms with Crippen molar-refractivity contribution in [1.82, 2.24) is 15.2 Å². The fourth-order valence-corrected chi connectivity index (χ4v) is 2.67. The first-order valence-electron chi connectivity index (χ1n) is 7.12. The minimum Gasteiger partial charge on any atom is -0.435 e. The van der Waals surface area contributed by atoms with Gasteiger partial charge in [0.2, 0.25) is 5.89 Å². The van der Waals surface area contributed by atoms with Gasteiger partial charge in [-0.25, -0.2) is 0 Å². The molecular formula is C16H13F2N3O2S. The highest BCUT2D eigenvalue weighted by molar-refractivity contribution is 7.99. The van der Waals surface area contributed by atoms with Gasteiger partial charge in [0.25, 0.3) is 5.22 Å². The lowest BCUT2D eigenvalue weighted by Gasteiger charge is -2.03. The standard InChI is InChI=1S/C16H13F2N3O2S/c17-15(18)22-13-6-4-11(5-7-13)14-20-21-16(23-14)24-10-8-12-3-1-2-9-19-12/h1-7,9,15H,8,10H2. The van der Waals surface area contributed by atoms with Gasteiger partial charge in [0.05, 0.1) is 0 Å². The number of hydrogen-bond donors (Lipinski definition) is 0. The molecule has 0 aliphatic heterocycles. The highest BCUT2D eigenvalue weighted by Gasteiger charge is 2.10. The highest BCUT2D eigenvalue weighted by atomic mass is 32.2. The zero-order valence-electron chi connectivity index (χ0n) is 12.4. The van der Waals surface area contributed by atoms with Crippen LogP contribution >= 0.6 is 11.8 Å². The molecule has 2 heterocycles. The molecule has 1 aromatic carbocycles. The van der Waals surface area contributed by atoms with Gasteiger partial charge in [-0.2, -0.15) is 8.78 Å². The van der Waals surface area contributed by atoms with E-state index in [4.69, 9.17) is 4.42 Å². The van der Waals surface area contributed by atoms with Crippen LogP contribution in [0.1, 0.15) is 5.69 Å². The van der Waals surface area contributed by atoms with Crippen molar-refractivity contribution < 1.29 is 17.9 Å². The van der Waals surface area contributed by atoms with Crippen LogP contribution in [-0.4, -0.2) is 27.5 Å². The van der Waals surface area contributed by atoms with E-state index in [1.807, 2.05) is 18.2 Å². The molecule has 24 heavy (non-hydrogen) atoms. The number of nitrogens with zero attached hydrogens (tertiary/aromatic N) is 3. The van der Waals surface area contributed by atoms with Crippen LogP contribution in [-0.2, 0) is 6.42 Å². The molecule has 0 radical (unpaired) electrons. The van der Waals surface area contributed by atoms with Crippen molar-refractivity contribution in [2.45, 2.75) is 18.3 Å². The van der Waals surface area contributed by atoms with Crippen LogP contribution in [0.5, 0.6) is 5.75 Å². The molecule has 0 bridgehead atoms. The molecule has 124 valence electrons. The lowest BCUT2D eigenvalue weighted by molar-refractivity contribution is -0.0498. The number of halogens is 2. The third-order valence-electron chi connectivity index (χ3n) is 3.04. The number of aromatic nitrogens is 3. The summed E-state index contributed by atoms with van der Waals surface area (Å²) in [6, 6.07) is 11.8. The number of alkyl halides is 2. The largest absolute Gasteiger partial charge is 0.435 e. The van der Waals surface area contributed by atoms with E-state index >= 15 is 0 Å². The smallest absolute Gasteiger partial charge is 0.387 e. The first kappa shape index (κ1) is 16.4. The minimum absolute atomic E-state index is 0.0817. The molecule has 0 aliphatic carbocycles. The first-order chi connectivity index (χ1) is 11.7. The van der Waals surface area contributed by atoms with Crippen LogP contribution in [0.15, 0.2) is 58.3 Å². The Hall–Kier alpha value is -2.48. The molecule has 8 heteroatoms. The molecule has 0 saturated carbocycles. The Kier molecular flexibility index (Phi) is 5.37. The maximum atomic E-state index is 12.1. The molecular weight excluding hydrogens is 336 g/mol. The van der Waals surface area contributed by atoms with Crippen molar-refractivity contribution >= 4 is 11.8 Å². The van der Waals surface area contributed by atoms with E-state index in [2.05, 4.69) is 19.9 Å². The van der Waals surface area contributed by atoms with E-state index in [-0.39, 0.29) is 5.75 Å². The van der Waals surface area contributed by atoms with Crippen LogP contribution in [0.2, 0.25) is 0 Å². The average Bonchev–Trinajstić information content (AvgIpc) is 3.05. The van der Waals surface area contributed by atoms with Gasteiger partial charge in [-0.1, -0.05) is 17.8 Å². The van der Waals surface area contributed by atoms with E-state index in [1.165, 1.54) is 23.9 Å². The lowest BCUT2D eigenvalue weighted by atomic mass is 10.2. The summed E-state index contributed by atoms with van der Waals surface area (Å²) < 4.78 is 34.1. The quantitative estimate of drug-likeness (QED) is 0.599. The molecule has 2 aromatic heterocycles. The normalized spacial score (nSPS) is 11.0. The number of hydrogen-bond acceptors (Lipinski definition) is 6. The van der Waals surface area contributed by atoms with Gasteiger partial charge in [-0.05, 0) is 42.8 Å². The van der Waals surface area contributed by atoms with Gasteiger partial charge in [-0.3, -0.25) is 4.98 Å². The number of rotatable bonds is 7. The Balaban J connectivity index is 1.57. The van der Waals surface area contributed by atoms with E-state index in [9.17, 15) is 8.78 Å². The van der Waals surface area contributed by atoms with E-state index in [0.717, 1.165) is 17.9 Å². The van der Waals surface area contributed by atoms with Gasteiger partial charge in [-0.15, -0.1) is 10.2 Å². The van der Waals surface area contributed by atoms with Gasteiger partial charge in [0.15, 0.2) is 0 Å². The molecule has 0 aliphatic rings. The van der Waals surface area contributed by atoms with Gasteiger partial charge in [0, 0.05) is 23.2 Å². The minimum atomic E-state index is -2.85. The number of pyridine rings is 1. The second-order valence-corrected chi connectivity index (χ2v) is 5.74. The second kappa shape index (κ2) is 7.87. The first-order valence-corrected chi connectivity index (χ1v) is 8.11. The van der Waals surface area contributed by atoms with Crippen LogP contribution in [0.4, 0.5) is 8.78 Å². The van der Waals surface area contributed by atoms with Gasteiger partial charge < -0.3 is 9.15 Å². The summed E-state index contributed by atoms with van der Waals surface area (Å²) in [5.41, 5.74) is 1.64. The van der Waals surface area contributed by atoms with Crippen molar-refractivity contribution in [2.24, 2.45) is 0 Å². The van der Waals surface area contributed by atoms with Gasteiger partial charge >= 0.3 is 6.61 Å². The predicted molar refractivity (Wildman–Crippen MR) is 85.0 cm³/mol. The van der Waals surface area contributed by atoms with Crippen molar-refractivity contribution in [3.8, 4) is 17.2 Å². The maximum Gasteiger partial charge on any atom is 0.387 e. The third-order valence-corrected chi connectivity index (χ3v) is 3.86. The summed E-state index contributed by atoms with van der Waals surface area (Å²) >= 11 is 1.44. The molecule has 0 atom stereocenters. The Labute approximate surface area is 141 Å². The Morgan fingerprint density at radius 2 is 1.92 bits per heavy atom. The number of thioether (sulfide) groups is 1. The monoisotopic (exact) mass is 349 g/mol. The van der Waals surface area contributed by atoms with Crippen LogP contribution in [0.25, 0.3) is 11.5 Å². The summed E-state index contributed by atoms with van der Waals surface area (Å²) in [6.07, 6.45) is 2.55. The van der Waals surface area contributed by atoms with Crippen LogP contribution < -0.4 is 4.74 Å². The van der Waals surface area contributed by atoms with Crippen LogP contribution in [0, 0.1) is 0 Å². The SMILES string of the molecule is FC(F)Oc1ccc(-c2nnc(SCCc3ccccn3)o2)cc1. The van der Waals surface area contributed by atoms with Crippen molar-refractivity contribution in [3.05, 3.63) is 54.4 Å². The third kappa shape index (κ3) is 4.51. The summed E-state index contributed by atoms with van der Waals surface area (Å²) in [5.74, 6) is 1.18. The summed E-state index contributed by atoms with van der Waals surface area (Å²) in [5, 5.41) is 8.38. The maximum absolute atomic E-state index is 12.1. The molecule has 3 aromatic rings. The molecule has 0 fully saturated rings. The fourth-order valence-electron chi connectivity index (χ4n) is 1.95. The van der Waals surface area contributed by atoms with Crippen LogP contribution in [0.3, 0.4) is 0 Å². The Morgan fingerprint density at radius 3 is 2.62 bits per heavy atom. The average molecular weight is 349 g/mol. The topological polar surface area (TPSA) is 61.0 Å². The Morgan fingerprint density at radius 1 is 1.08 bits per heavy atom. The van der Waals surface area contributed by atoms with E-state index < -0.39 is 6.61 Å². The molecule has 0 amide bonds. The summed E-state index contributed by atoms with van der Waals surface area (Å²) in [4.78, 5) is 4.25. The highest BCUT2D eigenvalue weighted by Crippen LogP contribution is 2.25. The van der Waals surface area contributed by atoms with E-state index in [1.54, 1.807) is 18.3 Å². The number of benzene rings is 1. The number of ether oxygens (including phenoxy) is 1. The van der Waals surface area contributed by atoms with Gasteiger partial charge in [0.1, 0.15) is 5.75 Å². The van der Waals surface area contributed by atoms with E-state index in [0.29, 0.717) is 16.7 Å². The second-order valence-electron chi connectivity index (χ2n) is 4.70. The molecule has 0 unspecified atom stereocenters. The zero-order valence-corrected chi connectivity index (χ0v) is 13.2. The molecule has 0 N–H and O–H groups in total. The Bertz CT molecular complexity index is 767.